The lowest BCUT2D eigenvalue weighted by Crippen LogP contribution is -2.48. The Morgan fingerprint density at radius 2 is 2.25 bits per heavy atom. The van der Waals surface area contributed by atoms with Crippen molar-refractivity contribution in [3.63, 3.8) is 0 Å². The molecule has 1 aliphatic carbocycles. The van der Waals surface area contributed by atoms with Gasteiger partial charge in [-0.25, -0.2) is 4.98 Å². The summed E-state index contributed by atoms with van der Waals surface area (Å²) in [7, 11) is 3.89. The van der Waals surface area contributed by atoms with E-state index in [0.717, 1.165) is 51.1 Å². The average molecular weight is 277 g/mol. The monoisotopic (exact) mass is 277 g/mol. The summed E-state index contributed by atoms with van der Waals surface area (Å²) < 4.78 is 1.82. The van der Waals surface area contributed by atoms with Gasteiger partial charge in [0.25, 0.3) is 0 Å². The Morgan fingerprint density at radius 1 is 1.45 bits per heavy atom. The van der Waals surface area contributed by atoms with Crippen LogP contribution < -0.4 is 0 Å². The van der Waals surface area contributed by atoms with E-state index in [-0.39, 0.29) is 0 Å². The SMILES string of the molecule is CN(C(=O)C1CC1)C1CCCN(Cc2ncnn2C)C1. The van der Waals surface area contributed by atoms with Crippen LogP contribution in [0.2, 0.25) is 0 Å². The summed E-state index contributed by atoms with van der Waals surface area (Å²) in [5, 5.41) is 4.11. The van der Waals surface area contributed by atoms with E-state index in [4.69, 9.17) is 0 Å². The van der Waals surface area contributed by atoms with Gasteiger partial charge < -0.3 is 4.90 Å². The Kier molecular flexibility index (Phi) is 3.74. The molecule has 0 bridgehead atoms. The lowest BCUT2D eigenvalue weighted by atomic mass is 10.0. The molecular formula is C14H23N5O. The molecule has 110 valence electrons. The van der Waals surface area contributed by atoms with Crippen LogP contribution in [0.25, 0.3) is 0 Å². The molecule has 1 amide bonds. The van der Waals surface area contributed by atoms with Gasteiger partial charge in [-0.1, -0.05) is 0 Å². The molecule has 6 nitrogen and oxygen atoms in total. The van der Waals surface area contributed by atoms with E-state index in [9.17, 15) is 4.79 Å². The van der Waals surface area contributed by atoms with E-state index in [1.165, 1.54) is 0 Å². The number of likely N-dealkylation sites (N-methyl/N-ethyl adjacent to an activating group) is 1. The minimum absolute atomic E-state index is 0.314. The molecule has 1 saturated heterocycles. The maximum absolute atomic E-state index is 12.2. The number of aryl methyl sites for hydroxylation is 1. The standard InChI is InChI=1S/C14H23N5O/c1-17(14(20)11-5-6-11)12-4-3-7-19(8-12)9-13-15-10-16-18(13)2/h10-12H,3-9H2,1-2H3. The zero-order chi connectivity index (χ0) is 14.1. The van der Waals surface area contributed by atoms with Crippen molar-refractivity contribution < 1.29 is 4.79 Å². The molecule has 1 aromatic rings. The fraction of sp³-hybridized carbons (Fsp3) is 0.786. The first kappa shape index (κ1) is 13.5. The summed E-state index contributed by atoms with van der Waals surface area (Å²) in [5.74, 6) is 1.64. The summed E-state index contributed by atoms with van der Waals surface area (Å²) in [5.41, 5.74) is 0. The van der Waals surface area contributed by atoms with Crippen LogP contribution in [0.4, 0.5) is 0 Å². The normalized spacial score (nSPS) is 23.8. The van der Waals surface area contributed by atoms with Gasteiger partial charge >= 0.3 is 0 Å². The van der Waals surface area contributed by atoms with Gasteiger partial charge in [0.15, 0.2) is 0 Å². The Hall–Kier alpha value is -1.43. The molecule has 0 N–H and O–H groups in total. The van der Waals surface area contributed by atoms with Crippen molar-refractivity contribution in [1.29, 1.82) is 0 Å². The van der Waals surface area contributed by atoms with Crippen LogP contribution in [0, 0.1) is 5.92 Å². The van der Waals surface area contributed by atoms with Gasteiger partial charge in [-0.2, -0.15) is 5.10 Å². The molecule has 1 aromatic heterocycles. The average Bonchev–Trinajstić information content (AvgIpc) is 3.23. The number of rotatable bonds is 4. The molecule has 2 heterocycles. The van der Waals surface area contributed by atoms with Crippen molar-refractivity contribution in [2.45, 2.75) is 38.3 Å². The van der Waals surface area contributed by atoms with Crippen LogP contribution in [-0.4, -0.2) is 56.7 Å². The number of carbonyl (C=O) groups is 1. The van der Waals surface area contributed by atoms with Gasteiger partial charge in [0.2, 0.25) is 5.91 Å². The van der Waals surface area contributed by atoms with Crippen LogP contribution >= 0.6 is 0 Å². The molecule has 0 aromatic carbocycles. The predicted octanol–water partition coefficient (Wildman–Crippen LogP) is 0.648. The van der Waals surface area contributed by atoms with Gasteiger partial charge in [-0.15, -0.1) is 0 Å². The molecule has 1 aliphatic heterocycles. The van der Waals surface area contributed by atoms with Gasteiger partial charge in [0, 0.05) is 32.6 Å². The number of carbonyl (C=O) groups excluding carboxylic acids is 1. The van der Waals surface area contributed by atoms with Crippen molar-refractivity contribution >= 4 is 5.91 Å². The molecule has 3 rings (SSSR count). The van der Waals surface area contributed by atoms with Crippen molar-refractivity contribution in [3.05, 3.63) is 12.2 Å². The Labute approximate surface area is 119 Å². The van der Waals surface area contributed by atoms with Crippen LogP contribution in [0.1, 0.15) is 31.5 Å². The predicted molar refractivity (Wildman–Crippen MR) is 74.8 cm³/mol. The highest BCUT2D eigenvalue weighted by molar-refractivity contribution is 5.81. The van der Waals surface area contributed by atoms with Crippen LogP contribution in [0.15, 0.2) is 6.33 Å². The second-order valence-electron chi connectivity index (χ2n) is 6.05. The molecule has 2 aliphatic rings. The summed E-state index contributed by atoms with van der Waals surface area (Å²) in [4.78, 5) is 20.8. The molecular weight excluding hydrogens is 254 g/mol. The third kappa shape index (κ3) is 2.85. The molecule has 1 atom stereocenters. The molecule has 0 spiro atoms. The van der Waals surface area contributed by atoms with E-state index in [1.54, 1.807) is 6.33 Å². The van der Waals surface area contributed by atoms with Gasteiger partial charge in [0.1, 0.15) is 12.2 Å². The van der Waals surface area contributed by atoms with Crippen molar-refractivity contribution in [2.24, 2.45) is 13.0 Å². The van der Waals surface area contributed by atoms with E-state index < -0.39 is 0 Å². The number of hydrogen-bond acceptors (Lipinski definition) is 4. The fourth-order valence-corrected chi connectivity index (χ4v) is 2.95. The first-order chi connectivity index (χ1) is 9.65. The maximum atomic E-state index is 12.2. The zero-order valence-corrected chi connectivity index (χ0v) is 12.3. The molecule has 20 heavy (non-hydrogen) atoms. The first-order valence-electron chi connectivity index (χ1n) is 7.47. The van der Waals surface area contributed by atoms with Gasteiger partial charge in [-0.05, 0) is 32.2 Å². The molecule has 6 heteroatoms. The summed E-state index contributed by atoms with van der Waals surface area (Å²) >= 11 is 0. The lowest BCUT2D eigenvalue weighted by Gasteiger charge is -2.37. The van der Waals surface area contributed by atoms with Crippen molar-refractivity contribution in [2.75, 3.05) is 20.1 Å². The number of hydrogen-bond donors (Lipinski definition) is 0. The van der Waals surface area contributed by atoms with Crippen molar-refractivity contribution in [1.82, 2.24) is 24.6 Å². The second-order valence-corrected chi connectivity index (χ2v) is 6.05. The molecule has 1 unspecified atom stereocenters. The van der Waals surface area contributed by atoms with Crippen LogP contribution in [0.5, 0.6) is 0 Å². The highest BCUT2D eigenvalue weighted by Crippen LogP contribution is 2.32. The Bertz CT molecular complexity index is 482. The summed E-state index contributed by atoms with van der Waals surface area (Å²) in [6.07, 6.45) is 6.02. The largest absolute Gasteiger partial charge is 0.341 e. The van der Waals surface area contributed by atoms with E-state index in [1.807, 2.05) is 23.7 Å². The highest BCUT2D eigenvalue weighted by Gasteiger charge is 2.35. The third-order valence-corrected chi connectivity index (χ3v) is 4.47. The van der Waals surface area contributed by atoms with E-state index in [2.05, 4.69) is 15.0 Å². The van der Waals surface area contributed by atoms with Crippen LogP contribution in [-0.2, 0) is 18.4 Å². The number of piperidine rings is 1. The van der Waals surface area contributed by atoms with Gasteiger partial charge in [-0.3, -0.25) is 14.4 Å². The quantitative estimate of drug-likeness (QED) is 0.811. The minimum Gasteiger partial charge on any atom is -0.341 e. The minimum atomic E-state index is 0.314. The zero-order valence-electron chi connectivity index (χ0n) is 12.3. The first-order valence-corrected chi connectivity index (χ1v) is 7.47. The molecule has 2 fully saturated rings. The number of likely N-dealkylation sites (tertiary alicyclic amines) is 1. The molecule has 1 saturated carbocycles. The van der Waals surface area contributed by atoms with E-state index in [0.29, 0.717) is 17.9 Å². The number of aromatic nitrogens is 3. The number of nitrogens with zero attached hydrogens (tertiary/aromatic N) is 5. The Morgan fingerprint density at radius 3 is 2.90 bits per heavy atom. The van der Waals surface area contributed by atoms with Crippen molar-refractivity contribution in [3.8, 4) is 0 Å². The third-order valence-electron chi connectivity index (χ3n) is 4.47. The van der Waals surface area contributed by atoms with Gasteiger partial charge in [0.05, 0.1) is 6.54 Å². The lowest BCUT2D eigenvalue weighted by molar-refractivity contribution is -0.134. The second kappa shape index (κ2) is 5.52. The summed E-state index contributed by atoms with van der Waals surface area (Å²) in [6, 6.07) is 0.352. The maximum Gasteiger partial charge on any atom is 0.225 e. The Balaban J connectivity index is 1.58. The van der Waals surface area contributed by atoms with Crippen LogP contribution in [0.3, 0.4) is 0 Å². The smallest absolute Gasteiger partial charge is 0.225 e. The highest BCUT2D eigenvalue weighted by atomic mass is 16.2. The topological polar surface area (TPSA) is 54.3 Å². The molecule has 0 radical (unpaired) electrons. The fourth-order valence-electron chi connectivity index (χ4n) is 2.95. The summed E-state index contributed by atoms with van der Waals surface area (Å²) in [6.45, 7) is 2.84. The number of amides is 1. The van der Waals surface area contributed by atoms with E-state index >= 15 is 0 Å².